The molecule has 1 aliphatic carbocycles. The molecule has 96 valence electrons. The molecule has 2 rings (SSSR count). The van der Waals surface area contributed by atoms with Crippen LogP contribution in [-0.2, 0) is 6.54 Å². The topological polar surface area (TPSA) is 41.1 Å². The van der Waals surface area contributed by atoms with Crippen molar-refractivity contribution in [2.24, 2.45) is 0 Å². The first-order valence-electron chi connectivity index (χ1n) is 6.21. The molecule has 2 N–H and O–H groups in total. The van der Waals surface area contributed by atoms with E-state index in [1.807, 2.05) is 0 Å². The van der Waals surface area contributed by atoms with Gasteiger partial charge in [-0.25, -0.2) is 9.18 Å². The normalized spacial score (nSPS) is 14.4. The largest absolute Gasteiger partial charge is 0.334 e. The molecule has 2 amide bonds. The molecule has 0 aliphatic heterocycles. The Labute approximate surface area is 106 Å². The molecule has 0 bridgehead atoms. The summed E-state index contributed by atoms with van der Waals surface area (Å²) in [7, 11) is 0. The second-order valence-corrected chi connectivity index (χ2v) is 4.43. The van der Waals surface area contributed by atoms with Gasteiger partial charge in [-0.1, -0.05) is 23.8 Å². The van der Waals surface area contributed by atoms with Gasteiger partial charge in [0.15, 0.2) is 0 Å². The highest BCUT2D eigenvalue weighted by atomic mass is 19.1. The van der Waals surface area contributed by atoms with Crippen molar-refractivity contribution in [2.45, 2.75) is 32.2 Å². The molecule has 1 aliphatic rings. The lowest BCUT2D eigenvalue weighted by atomic mass is 10.2. The van der Waals surface area contributed by atoms with Crippen molar-refractivity contribution >= 4 is 6.03 Å². The average Bonchev–Trinajstić information content (AvgIpc) is 2.88. The molecule has 0 aromatic heterocycles. The number of hydrogen-bond donors (Lipinski definition) is 2. The van der Waals surface area contributed by atoms with E-state index in [0.29, 0.717) is 5.56 Å². The van der Waals surface area contributed by atoms with Crippen molar-refractivity contribution in [3.05, 3.63) is 47.4 Å². The van der Waals surface area contributed by atoms with Crippen LogP contribution >= 0.6 is 0 Å². The summed E-state index contributed by atoms with van der Waals surface area (Å²) >= 11 is 0. The molecule has 1 aromatic carbocycles. The Morgan fingerprint density at radius 1 is 1.28 bits per heavy atom. The third-order valence-electron chi connectivity index (χ3n) is 3.05. The van der Waals surface area contributed by atoms with E-state index in [9.17, 15) is 9.18 Å². The second kappa shape index (κ2) is 6.19. The highest BCUT2D eigenvalue weighted by Crippen LogP contribution is 2.22. The van der Waals surface area contributed by atoms with Crippen LogP contribution in [0, 0.1) is 5.82 Å². The zero-order chi connectivity index (χ0) is 12.8. The third-order valence-corrected chi connectivity index (χ3v) is 3.05. The molecule has 3 nitrogen and oxygen atoms in total. The summed E-state index contributed by atoms with van der Waals surface area (Å²) in [5, 5.41) is 5.31. The number of amides is 2. The van der Waals surface area contributed by atoms with Crippen molar-refractivity contribution in [2.75, 3.05) is 0 Å². The third kappa shape index (κ3) is 3.58. The fourth-order valence-electron chi connectivity index (χ4n) is 2.01. The van der Waals surface area contributed by atoms with Crippen LogP contribution < -0.4 is 10.6 Å². The molecule has 0 heterocycles. The van der Waals surface area contributed by atoms with E-state index in [1.54, 1.807) is 24.4 Å². The van der Waals surface area contributed by atoms with Gasteiger partial charge in [0.1, 0.15) is 5.82 Å². The lowest BCUT2D eigenvalue weighted by Crippen LogP contribution is -2.32. The molecule has 0 radical (unpaired) electrons. The summed E-state index contributed by atoms with van der Waals surface area (Å²) in [6.07, 6.45) is 6.29. The molecule has 1 fully saturated rings. The summed E-state index contributed by atoms with van der Waals surface area (Å²) in [5.41, 5.74) is 1.76. The zero-order valence-electron chi connectivity index (χ0n) is 10.2. The van der Waals surface area contributed by atoms with Crippen molar-refractivity contribution in [3.8, 4) is 0 Å². The molecule has 1 aromatic rings. The molecule has 0 spiro atoms. The number of rotatable bonds is 3. The molecule has 4 heteroatoms. The number of carbonyl (C=O) groups excluding carboxylic acids is 1. The van der Waals surface area contributed by atoms with Gasteiger partial charge in [0.2, 0.25) is 0 Å². The Morgan fingerprint density at radius 2 is 2.00 bits per heavy atom. The molecule has 0 saturated heterocycles. The second-order valence-electron chi connectivity index (χ2n) is 4.43. The van der Waals surface area contributed by atoms with E-state index >= 15 is 0 Å². The quantitative estimate of drug-likeness (QED) is 0.848. The molecule has 18 heavy (non-hydrogen) atoms. The Morgan fingerprint density at radius 3 is 2.72 bits per heavy atom. The first-order valence-corrected chi connectivity index (χ1v) is 6.21. The van der Waals surface area contributed by atoms with Gasteiger partial charge in [-0.15, -0.1) is 0 Å². The molecular formula is C14H17FN2O. The van der Waals surface area contributed by atoms with E-state index in [0.717, 1.165) is 12.8 Å². The van der Waals surface area contributed by atoms with Gasteiger partial charge in [0, 0.05) is 18.3 Å². The lowest BCUT2D eigenvalue weighted by Gasteiger charge is -2.06. The Bertz CT molecular complexity index is 449. The first-order chi connectivity index (χ1) is 8.75. The summed E-state index contributed by atoms with van der Waals surface area (Å²) in [5.74, 6) is -0.299. The number of allylic oxidation sites excluding steroid dienone is 1. The van der Waals surface area contributed by atoms with E-state index in [4.69, 9.17) is 0 Å². The van der Waals surface area contributed by atoms with Gasteiger partial charge in [0.05, 0.1) is 0 Å². The standard InChI is InChI=1S/C14H17FN2O/c15-13-8-4-3-7-12(13)10-17-14(18)16-9-11-5-1-2-6-11/h3-4,7-9H,1-2,5-6,10H2,(H2,16,17,18). The Kier molecular flexibility index (Phi) is 4.34. The maximum atomic E-state index is 13.3. The van der Waals surface area contributed by atoms with Crippen molar-refractivity contribution in [3.63, 3.8) is 0 Å². The van der Waals surface area contributed by atoms with E-state index in [2.05, 4.69) is 10.6 Å². The van der Waals surface area contributed by atoms with Gasteiger partial charge in [-0.05, 0) is 31.7 Å². The monoisotopic (exact) mass is 248 g/mol. The minimum absolute atomic E-state index is 0.196. The van der Waals surface area contributed by atoms with Crippen molar-refractivity contribution in [1.29, 1.82) is 0 Å². The highest BCUT2D eigenvalue weighted by Gasteiger charge is 2.07. The fraction of sp³-hybridized carbons (Fsp3) is 0.357. The summed E-state index contributed by atoms with van der Waals surface area (Å²) in [6, 6.07) is 6.13. The maximum absolute atomic E-state index is 13.3. The maximum Gasteiger partial charge on any atom is 0.319 e. The molecule has 0 atom stereocenters. The molecule has 0 unspecified atom stereocenters. The van der Waals surface area contributed by atoms with Crippen LogP contribution in [0.1, 0.15) is 31.2 Å². The Hall–Kier alpha value is -1.84. The van der Waals surface area contributed by atoms with E-state index < -0.39 is 0 Å². The minimum Gasteiger partial charge on any atom is -0.334 e. The zero-order valence-corrected chi connectivity index (χ0v) is 10.2. The molecular weight excluding hydrogens is 231 g/mol. The summed E-state index contributed by atoms with van der Waals surface area (Å²) in [6.45, 7) is 0.196. The average molecular weight is 248 g/mol. The first kappa shape index (κ1) is 12.6. The number of nitrogens with one attached hydrogen (secondary N) is 2. The van der Waals surface area contributed by atoms with Crippen LogP contribution in [0.3, 0.4) is 0 Å². The number of hydrogen-bond acceptors (Lipinski definition) is 1. The van der Waals surface area contributed by atoms with Gasteiger partial charge in [-0.3, -0.25) is 0 Å². The Balaban J connectivity index is 1.78. The summed E-state index contributed by atoms with van der Waals surface area (Å²) < 4.78 is 13.3. The number of urea groups is 1. The SMILES string of the molecule is O=C(NC=C1CCCC1)NCc1ccccc1F. The number of carbonyl (C=O) groups is 1. The van der Waals surface area contributed by atoms with Crippen LogP contribution in [0.4, 0.5) is 9.18 Å². The van der Waals surface area contributed by atoms with Gasteiger partial charge >= 0.3 is 6.03 Å². The lowest BCUT2D eigenvalue weighted by molar-refractivity contribution is 0.243. The fourth-order valence-corrected chi connectivity index (χ4v) is 2.01. The smallest absolute Gasteiger partial charge is 0.319 e. The van der Waals surface area contributed by atoms with Gasteiger partial charge in [0.25, 0.3) is 0 Å². The van der Waals surface area contributed by atoms with Crippen molar-refractivity contribution in [1.82, 2.24) is 10.6 Å². The predicted octanol–water partition coefficient (Wildman–Crippen LogP) is 3.08. The summed E-state index contributed by atoms with van der Waals surface area (Å²) in [4.78, 5) is 11.5. The highest BCUT2D eigenvalue weighted by molar-refractivity contribution is 5.74. The number of benzene rings is 1. The van der Waals surface area contributed by atoms with Crippen LogP contribution in [0.5, 0.6) is 0 Å². The van der Waals surface area contributed by atoms with E-state index in [1.165, 1.54) is 24.5 Å². The minimum atomic E-state index is -0.299. The van der Waals surface area contributed by atoms with E-state index in [-0.39, 0.29) is 18.4 Å². The van der Waals surface area contributed by atoms with Crippen LogP contribution in [0.2, 0.25) is 0 Å². The van der Waals surface area contributed by atoms with Gasteiger partial charge < -0.3 is 10.6 Å². The van der Waals surface area contributed by atoms with Crippen LogP contribution in [0.15, 0.2) is 36.0 Å². The number of halogens is 1. The predicted molar refractivity (Wildman–Crippen MR) is 68.3 cm³/mol. The van der Waals surface area contributed by atoms with Gasteiger partial charge in [-0.2, -0.15) is 0 Å². The molecule has 1 saturated carbocycles. The van der Waals surface area contributed by atoms with Crippen LogP contribution in [-0.4, -0.2) is 6.03 Å². The van der Waals surface area contributed by atoms with Crippen molar-refractivity contribution < 1.29 is 9.18 Å². The van der Waals surface area contributed by atoms with Crippen LogP contribution in [0.25, 0.3) is 0 Å².